The van der Waals surface area contributed by atoms with Crippen LogP contribution < -0.4 is 11.3 Å². The first-order chi connectivity index (χ1) is 10.0. The van der Waals surface area contributed by atoms with Crippen molar-refractivity contribution in [2.24, 2.45) is 5.84 Å². The van der Waals surface area contributed by atoms with Crippen molar-refractivity contribution in [3.63, 3.8) is 0 Å². The molecule has 6 heteroatoms. The second-order valence-corrected chi connectivity index (χ2v) is 4.62. The van der Waals surface area contributed by atoms with Crippen LogP contribution in [0.3, 0.4) is 0 Å². The molecule has 0 aliphatic heterocycles. The zero-order chi connectivity index (χ0) is 15.4. The number of fused-ring (bicyclic) bond motifs is 2. The first-order valence-corrected chi connectivity index (χ1v) is 6.38. The van der Waals surface area contributed by atoms with Gasteiger partial charge in [0.25, 0.3) is 5.70 Å². The maximum absolute atomic E-state index is 11.0. The van der Waals surface area contributed by atoms with Crippen molar-refractivity contribution in [2.75, 3.05) is 0 Å². The molecule has 2 aliphatic carbocycles. The Bertz CT molecular complexity index is 660. The summed E-state index contributed by atoms with van der Waals surface area (Å²) in [6.07, 6.45) is 4.37. The van der Waals surface area contributed by atoms with E-state index in [1.807, 2.05) is 37.3 Å². The van der Waals surface area contributed by atoms with Crippen LogP contribution in [0.4, 0.5) is 0 Å². The number of ketones is 1. The third kappa shape index (κ3) is 3.13. The van der Waals surface area contributed by atoms with Crippen molar-refractivity contribution in [1.82, 2.24) is 5.43 Å². The van der Waals surface area contributed by atoms with Crippen molar-refractivity contribution in [3.05, 3.63) is 81.1 Å². The standard InChI is InChI=1S/C8H12N2.C7H3NO3/c1-7(10-9)8-5-3-2-4-6-8;9-7-4-1-2-5(7)6(3-4)8(10)11/h2-7,10H,9H2,1H3;1-3H. The molecule has 1 atom stereocenters. The Morgan fingerprint density at radius 1 is 1.24 bits per heavy atom. The van der Waals surface area contributed by atoms with E-state index in [2.05, 4.69) is 5.43 Å². The second-order valence-electron chi connectivity index (χ2n) is 4.62. The number of rotatable bonds is 3. The van der Waals surface area contributed by atoms with Crippen molar-refractivity contribution < 1.29 is 9.72 Å². The lowest BCUT2D eigenvalue weighted by atomic mass is 10.1. The van der Waals surface area contributed by atoms with Crippen LogP contribution in [0.25, 0.3) is 0 Å². The topological polar surface area (TPSA) is 98.3 Å². The number of hydrogen-bond acceptors (Lipinski definition) is 5. The summed E-state index contributed by atoms with van der Waals surface area (Å²) in [5.41, 5.74) is 4.45. The van der Waals surface area contributed by atoms with Crippen molar-refractivity contribution >= 4 is 5.78 Å². The Hall–Kier alpha value is -2.57. The molecule has 3 rings (SSSR count). The predicted molar refractivity (Wildman–Crippen MR) is 78.4 cm³/mol. The molecule has 0 amide bonds. The molecular formula is C15H15N3O3. The zero-order valence-corrected chi connectivity index (χ0v) is 11.4. The molecule has 3 N–H and O–H groups in total. The normalized spacial score (nSPS) is 16.5. The molecule has 0 spiro atoms. The van der Waals surface area contributed by atoms with E-state index in [1.165, 1.54) is 17.7 Å². The van der Waals surface area contributed by atoms with Gasteiger partial charge in [-0.2, -0.15) is 0 Å². The van der Waals surface area contributed by atoms with Gasteiger partial charge >= 0.3 is 0 Å². The minimum Gasteiger partial charge on any atom is -0.288 e. The number of nitro groups is 1. The van der Waals surface area contributed by atoms with Gasteiger partial charge in [0.15, 0.2) is 5.78 Å². The zero-order valence-electron chi connectivity index (χ0n) is 11.4. The summed E-state index contributed by atoms with van der Waals surface area (Å²) in [5, 5.41) is 10.3. The van der Waals surface area contributed by atoms with E-state index in [-0.39, 0.29) is 23.1 Å². The number of nitrogens with one attached hydrogen (secondary N) is 1. The lowest BCUT2D eigenvalue weighted by Crippen LogP contribution is -2.25. The SMILES string of the molecule is CC(NN)c1ccccc1.O=C1C2=CC([N+](=O)[O-])=C1C=C2. The Morgan fingerprint density at radius 2 is 1.90 bits per heavy atom. The third-order valence-electron chi connectivity index (χ3n) is 3.25. The number of allylic oxidation sites excluding steroid dienone is 5. The molecule has 1 aromatic rings. The van der Waals surface area contributed by atoms with Crippen LogP contribution in [0.1, 0.15) is 18.5 Å². The summed E-state index contributed by atoms with van der Waals surface area (Å²) >= 11 is 0. The highest BCUT2D eigenvalue weighted by atomic mass is 16.6. The Labute approximate surface area is 121 Å². The van der Waals surface area contributed by atoms with Gasteiger partial charge in [0, 0.05) is 17.7 Å². The van der Waals surface area contributed by atoms with Gasteiger partial charge in [0.05, 0.1) is 4.92 Å². The molecule has 1 unspecified atom stereocenters. The van der Waals surface area contributed by atoms with E-state index in [0.29, 0.717) is 5.57 Å². The minimum atomic E-state index is -0.538. The number of nitrogens with two attached hydrogens (primary N) is 1. The molecule has 108 valence electrons. The highest BCUT2D eigenvalue weighted by Crippen LogP contribution is 2.29. The largest absolute Gasteiger partial charge is 0.288 e. The predicted octanol–water partition coefficient (Wildman–Crippen LogP) is 1.81. The van der Waals surface area contributed by atoms with E-state index in [1.54, 1.807) is 6.08 Å². The summed E-state index contributed by atoms with van der Waals surface area (Å²) < 4.78 is 0. The van der Waals surface area contributed by atoms with E-state index < -0.39 is 4.92 Å². The molecule has 1 aromatic carbocycles. The quantitative estimate of drug-likeness (QED) is 0.501. The number of carbonyl (C=O) groups is 1. The van der Waals surface area contributed by atoms with Gasteiger partial charge in [-0.1, -0.05) is 30.3 Å². The monoisotopic (exact) mass is 285 g/mol. The summed E-state index contributed by atoms with van der Waals surface area (Å²) in [6, 6.07) is 10.3. The van der Waals surface area contributed by atoms with Gasteiger partial charge in [-0.15, -0.1) is 0 Å². The third-order valence-corrected chi connectivity index (χ3v) is 3.25. The summed E-state index contributed by atoms with van der Waals surface area (Å²) in [6.45, 7) is 2.02. The molecule has 0 saturated carbocycles. The van der Waals surface area contributed by atoms with E-state index in [4.69, 9.17) is 5.84 Å². The smallest absolute Gasteiger partial charge is 0.281 e. The van der Waals surface area contributed by atoms with Crippen LogP contribution in [-0.2, 0) is 4.79 Å². The number of benzene rings is 1. The minimum absolute atomic E-state index is 0.0764. The number of Topliss-reactive ketones (excluding diaryl/α,β-unsaturated/α-hetero) is 1. The molecule has 0 saturated heterocycles. The fourth-order valence-corrected chi connectivity index (χ4v) is 2.01. The van der Waals surface area contributed by atoms with Gasteiger partial charge in [-0.3, -0.25) is 26.2 Å². The van der Waals surface area contributed by atoms with Gasteiger partial charge in [-0.05, 0) is 24.6 Å². The first-order valence-electron chi connectivity index (χ1n) is 6.38. The van der Waals surface area contributed by atoms with Crippen molar-refractivity contribution in [2.45, 2.75) is 13.0 Å². The maximum Gasteiger partial charge on any atom is 0.281 e. The summed E-state index contributed by atoms with van der Waals surface area (Å²) in [4.78, 5) is 20.7. The lowest BCUT2D eigenvalue weighted by molar-refractivity contribution is -0.419. The van der Waals surface area contributed by atoms with Crippen LogP contribution in [-0.4, -0.2) is 10.7 Å². The molecule has 21 heavy (non-hydrogen) atoms. The summed E-state index contributed by atoms with van der Waals surface area (Å²) in [7, 11) is 0. The van der Waals surface area contributed by atoms with Crippen LogP contribution >= 0.6 is 0 Å². The molecule has 6 nitrogen and oxygen atoms in total. The van der Waals surface area contributed by atoms with Crippen molar-refractivity contribution in [3.8, 4) is 0 Å². The molecular weight excluding hydrogens is 270 g/mol. The Kier molecular flexibility index (Phi) is 4.42. The first kappa shape index (κ1) is 14.8. The average molecular weight is 285 g/mol. The fraction of sp³-hybridized carbons (Fsp3) is 0.133. The molecule has 2 bridgehead atoms. The van der Waals surface area contributed by atoms with E-state index >= 15 is 0 Å². The number of hydrogen-bond donors (Lipinski definition) is 2. The van der Waals surface area contributed by atoms with Crippen LogP contribution in [0.5, 0.6) is 0 Å². The molecule has 0 aromatic heterocycles. The lowest BCUT2D eigenvalue weighted by Gasteiger charge is -2.08. The second kappa shape index (κ2) is 6.25. The Morgan fingerprint density at radius 3 is 2.29 bits per heavy atom. The highest BCUT2D eigenvalue weighted by molar-refractivity contribution is 6.18. The van der Waals surface area contributed by atoms with Gasteiger partial charge in [0.1, 0.15) is 5.57 Å². The number of hydrazine groups is 1. The van der Waals surface area contributed by atoms with Gasteiger partial charge in [-0.25, -0.2) is 0 Å². The van der Waals surface area contributed by atoms with Crippen molar-refractivity contribution in [1.29, 1.82) is 0 Å². The van der Waals surface area contributed by atoms with E-state index in [9.17, 15) is 14.9 Å². The number of carbonyl (C=O) groups excluding carboxylic acids is 1. The number of nitrogens with zero attached hydrogens (tertiary/aromatic N) is 1. The van der Waals surface area contributed by atoms with E-state index in [0.717, 1.165) is 0 Å². The van der Waals surface area contributed by atoms with Crippen LogP contribution in [0, 0.1) is 10.1 Å². The van der Waals surface area contributed by atoms with Gasteiger partial charge < -0.3 is 0 Å². The van der Waals surface area contributed by atoms with Crippen LogP contribution in [0.15, 0.2) is 65.4 Å². The molecule has 0 fully saturated rings. The van der Waals surface area contributed by atoms with Crippen LogP contribution in [0.2, 0.25) is 0 Å². The molecule has 2 aliphatic rings. The molecule has 0 heterocycles. The Balaban J connectivity index is 0.000000155. The van der Waals surface area contributed by atoms with Gasteiger partial charge in [0.2, 0.25) is 0 Å². The molecule has 0 radical (unpaired) electrons. The average Bonchev–Trinajstić information content (AvgIpc) is 3.03. The highest BCUT2D eigenvalue weighted by Gasteiger charge is 2.33. The maximum atomic E-state index is 11.0. The summed E-state index contributed by atoms with van der Waals surface area (Å²) in [5.74, 6) is 5.03. The fourth-order valence-electron chi connectivity index (χ4n) is 2.01.